The fourth-order valence-electron chi connectivity index (χ4n) is 2.16. The number of benzene rings is 1. The molecule has 2 aromatic rings. The quantitative estimate of drug-likeness (QED) is 0.879. The number of rotatable bonds is 3. The van der Waals surface area contributed by atoms with E-state index in [-0.39, 0.29) is 18.2 Å². The van der Waals surface area contributed by atoms with Crippen molar-refractivity contribution in [1.29, 1.82) is 0 Å². The molecule has 1 N–H and O–H groups in total. The van der Waals surface area contributed by atoms with Gasteiger partial charge in [0.25, 0.3) is 5.91 Å². The molecule has 0 spiro atoms. The average Bonchev–Trinajstić information content (AvgIpc) is 2.96. The van der Waals surface area contributed by atoms with Crippen LogP contribution in [0.4, 0.5) is 10.8 Å². The highest BCUT2D eigenvalue weighted by atomic mass is 32.1. The first kappa shape index (κ1) is 12.8. The minimum absolute atomic E-state index is 0.159. The molecule has 102 valence electrons. The molecule has 20 heavy (non-hydrogen) atoms. The van der Waals surface area contributed by atoms with Crippen molar-refractivity contribution in [1.82, 2.24) is 4.98 Å². The number of hydrogen-bond acceptors (Lipinski definition) is 5. The highest BCUT2D eigenvalue weighted by Crippen LogP contribution is 2.26. The highest BCUT2D eigenvalue weighted by Gasteiger charge is 2.39. The first-order valence-corrected chi connectivity index (χ1v) is 7.07. The maximum atomic E-state index is 12.3. The number of aryl methyl sites for hydroxylation is 1. The molecular formula is C14H13N3O2S. The number of para-hydroxylation sites is 1. The number of amides is 2. The van der Waals surface area contributed by atoms with Gasteiger partial charge in [0.2, 0.25) is 5.91 Å². The van der Waals surface area contributed by atoms with Crippen LogP contribution in [0.25, 0.3) is 0 Å². The maximum absolute atomic E-state index is 12.3. The van der Waals surface area contributed by atoms with Gasteiger partial charge in [0.05, 0.1) is 12.1 Å². The summed E-state index contributed by atoms with van der Waals surface area (Å²) in [7, 11) is 0. The van der Waals surface area contributed by atoms with Gasteiger partial charge in [0.15, 0.2) is 5.13 Å². The maximum Gasteiger partial charge on any atom is 0.256 e. The van der Waals surface area contributed by atoms with Gasteiger partial charge in [-0.05, 0) is 19.1 Å². The van der Waals surface area contributed by atoms with Crippen molar-refractivity contribution in [2.75, 3.05) is 10.2 Å². The summed E-state index contributed by atoms with van der Waals surface area (Å²) in [6.45, 7) is 1.95. The highest BCUT2D eigenvalue weighted by molar-refractivity contribution is 7.15. The number of nitrogens with zero attached hydrogens (tertiary/aromatic N) is 2. The third kappa shape index (κ3) is 2.30. The molecule has 1 aliphatic heterocycles. The molecule has 1 unspecified atom stereocenters. The van der Waals surface area contributed by atoms with Gasteiger partial charge in [-0.3, -0.25) is 9.59 Å². The number of carbonyl (C=O) groups excluding carboxylic acids is 2. The molecule has 1 aliphatic rings. The van der Waals surface area contributed by atoms with Gasteiger partial charge < -0.3 is 5.32 Å². The van der Waals surface area contributed by atoms with Crippen LogP contribution in [0.1, 0.15) is 11.3 Å². The fourth-order valence-corrected chi connectivity index (χ4v) is 2.88. The van der Waals surface area contributed by atoms with Crippen LogP contribution in [0.3, 0.4) is 0 Å². The Bertz CT molecular complexity index is 653. The van der Waals surface area contributed by atoms with Gasteiger partial charge in [-0.2, -0.15) is 0 Å². The van der Waals surface area contributed by atoms with E-state index in [1.165, 1.54) is 16.2 Å². The molecule has 0 saturated carbocycles. The van der Waals surface area contributed by atoms with Crippen molar-refractivity contribution < 1.29 is 9.59 Å². The van der Waals surface area contributed by atoms with Crippen LogP contribution in [0.15, 0.2) is 36.5 Å². The fraction of sp³-hybridized carbons (Fsp3) is 0.214. The topological polar surface area (TPSA) is 62.3 Å². The normalized spacial score (nSPS) is 18.6. The van der Waals surface area contributed by atoms with Crippen molar-refractivity contribution in [3.63, 3.8) is 0 Å². The number of aromatic nitrogens is 1. The van der Waals surface area contributed by atoms with Crippen LogP contribution >= 0.6 is 11.3 Å². The zero-order valence-electron chi connectivity index (χ0n) is 10.9. The van der Waals surface area contributed by atoms with E-state index in [4.69, 9.17) is 0 Å². The lowest BCUT2D eigenvalue weighted by molar-refractivity contribution is -0.121. The number of thiazole rings is 1. The number of anilines is 2. The summed E-state index contributed by atoms with van der Waals surface area (Å²) in [6.07, 6.45) is 1.90. The summed E-state index contributed by atoms with van der Waals surface area (Å²) in [5, 5.41) is 3.71. The smallest absolute Gasteiger partial charge is 0.256 e. The molecule has 5 nitrogen and oxygen atoms in total. The Morgan fingerprint density at radius 1 is 1.30 bits per heavy atom. The van der Waals surface area contributed by atoms with E-state index >= 15 is 0 Å². The van der Waals surface area contributed by atoms with Gasteiger partial charge >= 0.3 is 0 Å². The molecule has 0 aliphatic carbocycles. The van der Waals surface area contributed by atoms with Crippen molar-refractivity contribution in [2.45, 2.75) is 19.4 Å². The van der Waals surface area contributed by atoms with Crippen molar-refractivity contribution >= 4 is 34.0 Å². The van der Waals surface area contributed by atoms with E-state index in [0.29, 0.717) is 10.8 Å². The molecule has 6 heteroatoms. The van der Waals surface area contributed by atoms with Crippen LogP contribution in [-0.4, -0.2) is 22.8 Å². The average molecular weight is 287 g/mol. The molecule has 1 aromatic carbocycles. The Labute approximate surface area is 120 Å². The lowest BCUT2D eigenvalue weighted by atomic mass is 10.2. The summed E-state index contributed by atoms with van der Waals surface area (Å²) in [4.78, 5) is 30.8. The lowest BCUT2D eigenvalue weighted by Crippen LogP contribution is -2.34. The van der Waals surface area contributed by atoms with E-state index in [0.717, 1.165) is 4.88 Å². The molecule has 2 amide bonds. The molecule has 0 radical (unpaired) electrons. The molecule has 1 atom stereocenters. The van der Waals surface area contributed by atoms with Gasteiger partial charge in [-0.1, -0.05) is 18.2 Å². The number of nitrogens with one attached hydrogen (secondary N) is 1. The summed E-state index contributed by atoms with van der Waals surface area (Å²) in [5.41, 5.74) is 0.613. The second-order valence-corrected chi connectivity index (χ2v) is 5.81. The molecule has 3 rings (SSSR count). The summed E-state index contributed by atoms with van der Waals surface area (Å²) in [5.74, 6) is -0.416. The number of imide groups is 1. The lowest BCUT2D eigenvalue weighted by Gasteiger charge is -2.15. The van der Waals surface area contributed by atoms with Crippen molar-refractivity contribution in [3.05, 3.63) is 41.4 Å². The summed E-state index contributed by atoms with van der Waals surface area (Å²) >= 11 is 1.47. The SMILES string of the molecule is Cc1cnc(NC2CC(=O)N(c3ccccc3)C2=O)s1. The third-order valence-electron chi connectivity index (χ3n) is 3.08. The number of hydrogen-bond donors (Lipinski definition) is 1. The largest absolute Gasteiger partial charge is 0.349 e. The van der Waals surface area contributed by atoms with E-state index in [9.17, 15) is 9.59 Å². The Kier molecular flexibility index (Phi) is 3.23. The van der Waals surface area contributed by atoms with Crippen LogP contribution in [0.5, 0.6) is 0 Å². The number of carbonyl (C=O) groups is 2. The molecule has 1 saturated heterocycles. The minimum Gasteiger partial charge on any atom is -0.349 e. The van der Waals surface area contributed by atoms with Crippen LogP contribution in [0, 0.1) is 6.92 Å². The standard InChI is InChI=1S/C14H13N3O2S/c1-9-8-15-14(20-9)16-11-7-12(18)17(13(11)19)10-5-3-2-4-6-10/h2-6,8,11H,7H2,1H3,(H,15,16). The summed E-state index contributed by atoms with van der Waals surface area (Å²) in [6, 6.07) is 8.44. The third-order valence-corrected chi connectivity index (χ3v) is 3.92. The molecule has 0 bridgehead atoms. The second-order valence-electron chi connectivity index (χ2n) is 4.58. The molecular weight excluding hydrogens is 274 g/mol. The minimum atomic E-state index is -0.534. The van der Waals surface area contributed by atoms with Gasteiger partial charge in [0.1, 0.15) is 6.04 Å². The second kappa shape index (κ2) is 5.05. The van der Waals surface area contributed by atoms with Crippen molar-refractivity contribution in [2.24, 2.45) is 0 Å². The van der Waals surface area contributed by atoms with Crippen molar-refractivity contribution in [3.8, 4) is 0 Å². The Morgan fingerprint density at radius 2 is 2.05 bits per heavy atom. The van der Waals surface area contributed by atoms with Gasteiger partial charge in [-0.15, -0.1) is 11.3 Å². The first-order chi connectivity index (χ1) is 9.65. The zero-order valence-corrected chi connectivity index (χ0v) is 11.7. The Morgan fingerprint density at radius 3 is 2.70 bits per heavy atom. The Hall–Kier alpha value is -2.21. The monoisotopic (exact) mass is 287 g/mol. The first-order valence-electron chi connectivity index (χ1n) is 6.26. The van der Waals surface area contributed by atoms with E-state index < -0.39 is 6.04 Å². The van der Waals surface area contributed by atoms with E-state index in [1.807, 2.05) is 13.0 Å². The van der Waals surface area contributed by atoms with Crippen LogP contribution in [0.2, 0.25) is 0 Å². The van der Waals surface area contributed by atoms with Crippen LogP contribution < -0.4 is 10.2 Å². The zero-order chi connectivity index (χ0) is 14.1. The molecule has 1 aromatic heterocycles. The van der Waals surface area contributed by atoms with Crippen LogP contribution in [-0.2, 0) is 9.59 Å². The predicted octanol–water partition coefficient (Wildman–Crippen LogP) is 2.20. The van der Waals surface area contributed by atoms with Gasteiger partial charge in [-0.25, -0.2) is 9.88 Å². The molecule has 2 heterocycles. The molecule has 1 fully saturated rings. The predicted molar refractivity (Wildman–Crippen MR) is 77.8 cm³/mol. The van der Waals surface area contributed by atoms with Gasteiger partial charge in [0, 0.05) is 11.1 Å². The summed E-state index contributed by atoms with van der Waals surface area (Å²) < 4.78 is 0. The van der Waals surface area contributed by atoms with E-state index in [1.54, 1.807) is 30.5 Å². The van der Waals surface area contributed by atoms with E-state index in [2.05, 4.69) is 10.3 Å². The Balaban J connectivity index is 1.80.